The van der Waals surface area contributed by atoms with Crippen LogP contribution >= 0.6 is 11.3 Å². The molecule has 1 aliphatic heterocycles. The van der Waals surface area contributed by atoms with Gasteiger partial charge in [0.25, 0.3) is 5.78 Å². The third-order valence-electron chi connectivity index (χ3n) is 6.29. The number of aliphatic hydroxyl groups excluding tert-OH is 1. The van der Waals surface area contributed by atoms with Crippen molar-refractivity contribution < 1.29 is 38.8 Å². The molecule has 1 amide bonds. The van der Waals surface area contributed by atoms with E-state index in [4.69, 9.17) is 14.2 Å². The molecular formula is C29H30N2O8S. The van der Waals surface area contributed by atoms with E-state index in [0.717, 1.165) is 29.1 Å². The quantitative estimate of drug-likeness (QED) is 0.112. The number of aliphatic hydroxyl groups is 1. The first-order valence-corrected chi connectivity index (χ1v) is 13.6. The van der Waals surface area contributed by atoms with Crippen LogP contribution in [0.25, 0.3) is 5.76 Å². The van der Waals surface area contributed by atoms with Crippen molar-refractivity contribution >= 4 is 39.9 Å². The zero-order valence-corrected chi connectivity index (χ0v) is 23.4. The largest absolute Gasteiger partial charge is 0.507 e. The van der Waals surface area contributed by atoms with Gasteiger partial charge in [0.05, 0.1) is 37.6 Å². The van der Waals surface area contributed by atoms with Crippen LogP contribution in [0.2, 0.25) is 0 Å². The number of aromatic nitrogens is 1. The standard InChI is InChI=1S/C29H30N2O8S/c1-5-7-13-39-19-10-8-9-18(14-19)24(33)22-23(17-11-12-20(32)21(15-17)37-4)31(27(35)25(22)34)29-30-16(3)26(40-29)28(36)38-6-2/h8-12,14-15,23,32-33H,5-7,13H2,1-4H3. The lowest BCUT2D eigenvalue weighted by Crippen LogP contribution is -2.29. The number of carbonyl (C=O) groups excluding carboxylic acids is 3. The Hall–Kier alpha value is -4.38. The van der Waals surface area contributed by atoms with Crippen LogP contribution in [0.3, 0.4) is 0 Å². The van der Waals surface area contributed by atoms with Gasteiger partial charge in [-0.2, -0.15) is 0 Å². The van der Waals surface area contributed by atoms with E-state index in [2.05, 4.69) is 4.98 Å². The number of carbonyl (C=O) groups is 3. The number of Topliss-reactive ketones (excluding diaryl/α,β-unsaturated/α-hetero) is 1. The van der Waals surface area contributed by atoms with Crippen molar-refractivity contribution in [2.45, 2.75) is 39.7 Å². The molecule has 1 saturated heterocycles. The topological polar surface area (TPSA) is 135 Å². The minimum atomic E-state index is -1.14. The minimum absolute atomic E-state index is 0.0791. The zero-order chi connectivity index (χ0) is 29.0. The van der Waals surface area contributed by atoms with Gasteiger partial charge in [0.15, 0.2) is 16.6 Å². The van der Waals surface area contributed by atoms with Crippen molar-refractivity contribution in [3.8, 4) is 17.2 Å². The highest BCUT2D eigenvalue weighted by atomic mass is 32.1. The number of ether oxygens (including phenoxy) is 3. The molecule has 210 valence electrons. The molecule has 10 nitrogen and oxygen atoms in total. The van der Waals surface area contributed by atoms with Crippen molar-refractivity contribution in [1.29, 1.82) is 0 Å². The van der Waals surface area contributed by atoms with Crippen LogP contribution in [0.1, 0.15) is 59.2 Å². The molecule has 40 heavy (non-hydrogen) atoms. The van der Waals surface area contributed by atoms with Crippen LogP contribution < -0.4 is 14.4 Å². The highest BCUT2D eigenvalue weighted by Gasteiger charge is 2.48. The van der Waals surface area contributed by atoms with Crippen LogP contribution in [-0.4, -0.2) is 53.2 Å². The predicted octanol–water partition coefficient (Wildman–Crippen LogP) is 5.15. The number of phenols is 1. The van der Waals surface area contributed by atoms with Crippen molar-refractivity contribution in [2.75, 3.05) is 25.2 Å². The summed E-state index contributed by atoms with van der Waals surface area (Å²) in [6.07, 6.45) is 1.80. The minimum Gasteiger partial charge on any atom is -0.507 e. The fourth-order valence-electron chi connectivity index (χ4n) is 4.30. The average molecular weight is 567 g/mol. The van der Waals surface area contributed by atoms with Crippen LogP contribution in [0.4, 0.5) is 5.13 Å². The number of amides is 1. The number of thiazole rings is 1. The Labute approximate surface area is 235 Å². The summed E-state index contributed by atoms with van der Waals surface area (Å²) in [5, 5.41) is 21.7. The third-order valence-corrected chi connectivity index (χ3v) is 7.43. The summed E-state index contributed by atoms with van der Waals surface area (Å²) in [6.45, 7) is 5.97. The molecule has 0 spiro atoms. The Kier molecular flexibility index (Phi) is 8.73. The molecule has 0 bridgehead atoms. The van der Waals surface area contributed by atoms with Gasteiger partial charge in [0.1, 0.15) is 16.4 Å². The Balaban J connectivity index is 1.88. The van der Waals surface area contributed by atoms with E-state index >= 15 is 0 Å². The van der Waals surface area contributed by atoms with E-state index in [-0.39, 0.29) is 39.3 Å². The molecule has 1 unspecified atom stereocenters. The number of anilines is 1. The number of phenolic OH excluding ortho intramolecular Hbond substituents is 1. The summed E-state index contributed by atoms with van der Waals surface area (Å²) < 4.78 is 16.1. The number of rotatable bonds is 10. The number of unbranched alkanes of at least 4 members (excludes halogenated alkanes) is 1. The first-order valence-electron chi connectivity index (χ1n) is 12.8. The van der Waals surface area contributed by atoms with E-state index in [9.17, 15) is 24.6 Å². The number of aryl methyl sites for hydroxylation is 1. The molecule has 3 aromatic rings. The van der Waals surface area contributed by atoms with Crippen LogP contribution in [0, 0.1) is 6.92 Å². The monoisotopic (exact) mass is 566 g/mol. The van der Waals surface area contributed by atoms with Crippen LogP contribution in [-0.2, 0) is 14.3 Å². The van der Waals surface area contributed by atoms with Gasteiger partial charge in [-0.3, -0.25) is 14.5 Å². The summed E-state index contributed by atoms with van der Waals surface area (Å²) in [5.74, 6) is -2.40. The Morgan fingerprint density at radius 2 is 1.93 bits per heavy atom. The van der Waals surface area contributed by atoms with Gasteiger partial charge in [0, 0.05) is 5.56 Å². The molecule has 1 fully saturated rings. The molecular weight excluding hydrogens is 536 g/mol. The molecule has 1 aliphatic rings. The molecule has 1 atom stereocenters. The Morgan fingerprint density at radius 1 is 1.15 bits per heavy atom. The van der Waals surface area contributed by atoms with Gasteiger partial charge in [0.2, 0.25) is 0 Å². The maximum absolute atomic E-state index is 13.5. The summed E-state index contributed by atoms with van der Waals surface area (Å²) in [4.78, 5) is 45.2. The molecule has 0 saturated carbocycles. The molecule has 2 N–H and O–H groups in total. The van der Waals surface area contributed by atoms with Gasteiger partial charge >= 0.3 is 11.9 Å². The molecule has 0 radical (unpaired) electrons. The van der Waals surface area contributed by atoms with E-state index < -0.39 is 29.5 Å². The second-order valence-corrected chi connectivity index (χ2v) is 9.94. The maximum atomic E-state index is 13.5. The molecule has 4 rings (SSSR count). The van der Waals surface area contributed by atoms with Crippen molar-refractivity contribution in [3.63, 3.8) is 0 Å². The first kappa shape index (κ1) is 28.6. The maximum Gasteiger partial charge on any atom is 0.350 e. The van der Waals surface area contributed by atoms with E-state index in [0.29, 0.717) is 23.6 Å². The fourth-order valence-corrected chi connectivity index (χ4v) is 5.29. The SMILES string of the molecule is CCCCOc1cccc(C(O)=C2C(=O)C(=O)N(c3nc(C)c(C(=O)OCC)s3)C2c2ccc(O)c(OC)c2)c1. The summed E-state index contributed by atoms with van der Waals surface area (Å²) >= 11 is 0.908. The molecule has 0 aliphatic carbocycles. The summed E-state index contributed by atoms with van der Waals surface area (Å²) in [5.41, 5.74) is 0.801. The number of aromatic hydroxyl groups is 1. The number of hydrogen-bond acceptors (Lipinski definition) is 10. The highest BCUT2D eigenvalue weighted by molar-refractivity contribution is 7.17. The first-order chi connectivity index (χ1) is 19.2. The van der Waals surface area contributed by atoms with Gasteiger partial charge in [-0.1, -0.05) is 42.9 Å². The zero-order valence-electron chi connectivity index (χ0n) is 22.6. The Bertz CT molecular complexity index is 1480. The van der Waals surface area contributed by atoms with Gasteiger partial charge in [-0.15, -0.1) is 0 Å². The van der Waals surface area contributed by atoms with Gasteiger partial charge < -0.3 is 24.4 Å². The predicted molar refractivity (Wildman–Crippen MR) is 149 cm³/mol. The lowest BCUT2D eigenvalue weighted by atomic mass is 9.95. The molecule has 1 aromatic heterocycles. The number of benzene rings is 2. The number of nitrogens with zero attached hydrogens (tertiary/aromatic N) is 2. The molecule has 11 heteroatoms. The van der Waals surface area contributed by atoms with E-state index in [1.165, 1.54) is 25.3 Å². The van der Waals surface area contributed by atoms with E-state index in [1.54, 1.807) is 38.1 Å². The van der Waals surface area contributed by atoms with Crippen molar-refractivity contribution in [1.82, 2.24) is 4.98 Å². The van der Waals surface area contributed by atoms with Gasteiger partial charge in [-0.25, -0.2) is 9.78 Å². The number of hydrogen-bond donors (Lipinski definition) is 2. The third kappa shape index (κ3) is 5.50. The van der Waals surface area contributed by atoms with Crippen LogP contribution in [0.5, 0.6) is 17.2 Å². The summed E-state index contributed by atoms with van der Waals surface area (Å²) in [7, 11) is 1.37. The Morgan fingerprint density at radius 3 is 2.62 bits per heavy atom. The lowest BCUT2D eigenvalue weighted by molar-refractivity contribution is -0.132. The fraction of sp³-hybridized carbons (Fsp3) is 0.310. The van der Waals surface area contributed by atoms with Crippen molar-refractivity contribution in [3.05, 3.63) is 69.7 Å². The van der Waals surface area contributed by atoms with Crippen molar-refractivity contribution in [2.24, 2.45) is 0 Å². The second-order valence-electron chi connectivity index (χ2n) is 8.96. The number of esters is 1. The second kappa shape index (κ2) is 12.2. The molecule has 2 aromatic carbocycles. The highest BCUT2D eigenvalue weighted by Crippen LogP contribution is 2.45. The smallest absolute Gasteiger partial charge is 0.350 e. The van der Waals surface area contributed by atoms with Crippen LogP contribution in [0.15, 0.2) is 48.0 Å². The average Bonchev–Trinajstić information content (AvgIpc) is 3.45. The summed E-state index contributed by atoms with van der Waals surface area (Å²) in [6, 6.07) is 9.85. The van der Waals surface area contributed by atoms with E-state index in [1.807, 2.05) is 6.92 Å². The normalized spacial score (nSPS) is 16.3. The number of ketones is 1. The van der Waals surface area contributed by atoms with Gasteiger partial charge in [-0.05, 0) is 50.1 Å². The number of methoxy groups -OCH3 is 1. The lowest BCUT2D eigenvalue weighted by Gasteiger charge is -2.23. The molecule has 2 heterocycles.